The zero-order valence-corrected chi connectivity index (χ0v) is 15.8. The third kappa shape index (κ3) is 6.61. The summed E-state index contributed by atoms with van der Waals surface area (Å²) < 4.78 is 5.46. The molecule has 0 heterocycles. The first kappa shape index (κ1) is 20.7. The van der Waals surface area contributed by atoms with E-state index >= 15 is 0 Å². The monoisotopic (exact) mass is 378 g/mol. The molecule has 26 heavy (non-hydrogen) atoms. The van der Waals surface area contributed by atoms with E-state index in [9.17, 15) is 10.2 Å². The third-order valence-corrected chi connectivity index (χ3v) is 4.63. The van der Waals surface area contributed by atoms with Gasteiger partial charge in [-0.25, -0.2) is 0 Å². The fraction of sp³-hybridized carbons (Fsp3) is 0.429. The van der Waals surface area contributed by atoms with E-state index in [1.807, 2.05) is 43.3 Å². The molecule has 0 saturated carbocycles. The summed E-state index contributed by atoms with van der Waals surface area (Å²) in [5.74, 6) is 0.857. The van der Waals surface area contributed by atoms with Crippen LogP contribution in [0.3, 0.4) is 0 Å². The molecular weight excluding hydrogens is 352 g/mol. The van der Waals surface area contributed by atoms with Crippen LogP contribution in [-0.2, 0) is 12.8 Å². The van der Waals surface area contributed by atoms with Crippen molar-refractivity contribution < 1.29 is 20.1 Å². The second-order valence-electron chi connectivity index (χ2n) is 6.44. The summed E-state index contributed by atoms with van der Waals surface area (Å²) in [6, 6.07) is 13.9. The molecule has 0 aromatic heterocycles. The summed E-state index contributed by atoms with van der Waals surface area (Å²) in [4.78, 5) is 0. The van der Waals surface area contributed by atoms with Gasteiger partial charge in [-0.1, -0.05) is 35.9 Å². The lowest BCUT2D eigenvalue weighted by molar-refractivity contribution is 0.0390. The van der Waals surface area contributed by atoms with Gasteiger partial charge in [-0.3, -0.25) is 0 Å². The van der Waals surface area contributed by atoms with Gasteiger partial charge in [0.15, 0.2) is 0 Å². The van der Waals surface area contributed by atoms with E-state index in [1.165, 1.54) is 0 Å². The average Bonchev–Trinajstić information content (AvgIpc) is 2.64. The Morgan fingerprint density at radius 3 is 2.35 bits per heavy atom. The van der Waals surface area contributed by atoms with Gasteiger partial charge < -0.3 is 20.1 Å². The zero-order chi connectivity index (χ0) is 18.9. The van der Waals surface area contributed by atoms with Crippen LogP contribution in [0.15, 0.2) is 42.5 Å². The predicted molar refractivity (Wildman–Crippen MR) is 104 cm³/mol. The number of rotatable bonds is 10. The quantitative estimate of drug-likeness (QED) is 0.593. The fourth-order valence-corrected chi connectivity index (χ4v) is 3.03. The summed E-state index contributed by atoms with van der Waals surface area (Å²) in [6.07, 6.45) is 0.620. The molecule has 142 valence electrons. The van der Waals surface area contributed by atoms with Crippen LogP contribution >= 0.6 is 11.6 Å². The van der Waals surface area contributed by atoms with E-state index in [0.717, 1.165) is 33.9 Å². The largest absolute Gasteiger partial charge is 0.494 e. The standard InChI is InChI=1S/C21H27ClO4/c1-2-26-20-8-4-16(5-9-20)12-17-11-15(6-10-21(17)22)3-7-18(24)13-19(25)14-23/h4-6,8-11,18-19,23-25H,2-3,7,12-14H2,1H3/t18-,19+/m1/s1. The summed E-state index contributed by atoms with van der Waals surface area (Å²) in [5, 5.41) is 28.9. The molecule has 5 heteroatoms. The smallest absolute Gasteiger partial charge is 0.119 e. The van der Waals surface area contributed by atoms with E-state index in [-0.39, 0.29) is 13.0 Å². The van der Waals surface area contributed by atoms with Crippen molar-refractivity contribution in [3.63, 3.8) is 0 Å². The van der Waals surface area contributed by atoms with Crippen LogP contribution in [0.4, 0.5) is 0 Å². The SMILES string of the molecule is CCOc1ccc(Cc2cc(CC[C@@H](O)C[C@H](O)CO)ccc2Cl)cc1. The van der Waals surface area contributed by atoms with E-state index in [1.54, 1.807) is 0 Å². The molecule has 2 aromatic carbocycles. The first-order valence-corrected chi connectivity index (χ1v) is 9.35. The van der Waals surface area contributed by atoms with Gasteiger partial charge in [-0.15, -0.1) is 0 Å². The maximum atomic E-state index is 9.93. The Kier molecular flexibility index (Phi) is 8.39. The molecule has 0 saturated heterocycles. The van der Waals surface area contributed by atoms with Crippen LogP contribution in [0, 0.1) is 0 Å². The molecule has 0 unspecified atom stereocenters. The van der Waals surface area contributed by atoms with Crippen LogP contribution in [0.1, 0.15) is 36.5 Å². The van der Waals surface area contributed by atoms with Crippen molar-refractivity contribution in [3.8, 4) is 5.75 Å². The molecule has 3 N–H and O–H groups in total. The Morgan fingerprint density at radius 1 is 1.00 bits per heavy atom. The van der Waals surface area contributed by atoms with E-state index in [0.29, 0.717) is 19.4 Å². The van der Waals surface area contributed by atoms with Crippen molar-refractivity contribution in [2.75, 3.05) is 13.2 Å². The molecular formula is C21H27ClO4. The third-order valence-electron chi connectivity index (χ3n) is 4.26. The van der Waals surface area contributed by atoms with Crippen LogP contribution in [0.2, 0.25) is 5.02 Å². The first-order valence-electron chi connectivity index (χ1n) is 8.97. The molecule has 0 bridgehead atoms. The number of aliphatic hydroxyl groups excluding tert-OH is 3. The van der Waals surface area contributed by atoms with Gasteiger partial charge in [0.1, 0.15) is 5.75 Å². The molecule has 0 aliphatic carbocycles. The molecule has 0 radical (unpaired) electrons. The van der Waals surface area contributed by atoms with E-state index in [2.05, 4.69) is 6.07 Å². The normalized spacial score (nSPS) is 13.4. The average molecular weight is 379 g/mol. The van der Waals surface area contributed by atoms with Crippen LogP contribution < -0.4 is 4.74 Å². The van der Waals surface area contributed by atoms with E-state index in [4.69, 9.17) is 21.4 Å². The number of benzene rings is 2. The minimum absolute atomic E-state index is 0.184. The maximum absolute atomic E-state index is 9.93. The molecule has 0 amide bonds. The van der Waals surface area contributed by atoms with Gasteiger partial charge in [0.2, 0.25) is 0 Å². The van der Waals surface area contributed by atoms with Gasteiger partial charge in [-0.2, -0.15) is 0 Å². The van der Waals surface area contributed by atoms with Crippen LogP contribution in [0.5, 0.6) is 5.75 Å². The van der Waals surface area contributed by atoms with E-state index < -0.39 is 12.2 Å². The molecule has 2 rings (SSSR count). The lowest BCUT2D eigenvalue weighted by Gasteiger charge is -2.14. The van der Waals surface area contributed by atoms with Gasteiger partial charge in [-0.05, 0) is 61.1 Å². The summed E-state index contributed by atoms with van der Waals surface area (Å²) >= 11 is 6.34. The maximum Gasteiger partial charge on any atom is 0.119 e. The highest BCUT2D eigenvalue weighted by Gasteiger charge is 2.12. The molecule has 0 aliphatic heterocycles. The summed E-state index contributed by atoms with van der Waals surface area (Å²) in [7, 11) is 0. The van der Waals surface area contributed by atoms with Gasteiger partial charge in [0.05, 0.1) is 25.4 Å². The number of aryl methyl sites for hydroxylation is 1. The van der Waals surface area contributed by atoms with Crippen molar-refractivity contribution in [1.29, 1.82) is 0 Å². The topological polar surface area (TPSA) is 69.9 Å². The second kappa shape index (κ2) is 10.5. The minimum Gasteiger partial charge on any atom is -0.494 e. The minimum atomic E-state index is -0.870. The van der Waals surface area contributed by atoms with Crippen molar-refractivity contribution in [1.82, 2.24) is 0 Å². The molecule has 2 atom stereocenters. The van der Waals surface area contributed by atoms with Gasteiger partial charge in [0.25, 0.3) is 0 Å². The number of hydrogen-bond donors (Lipinski definition) is 3. The van der Waals surface area contributed by atoms with Gasteiger partial charge >= 0.3 is 0 Å². The molecule has 0 aliphatic rings. The fourth-order valence-electron chi connectivity index (χ4n) is 2.85. The Hall–Kier alpha value is -1.59. The van der Waals surface area contributed by atoms with Gasteiger partial charge in [0, 0.05) is 11.4 Å². The van der Waals surface area contributed by atoms with Crippen LogP contribution in [0.25, 0.3) is 0 Å². The van der Waals surface area contributed by atoms with Crippen molar-refractivity contribution in [2.24, 2.45) is 0 Å². The van der Waals surface area contributed by atoms with Crippen molar-refractivity contribution in [3.05, 3.63) is 64.2 Å². The number of halogens is 1. The molecule has 0 fully saturated rings. The highest BCUT2D eigenvalue weighted by Crippen LogP contribution is 2.23. The van der Waals surface area contributed by atoms with Crippen LogP contribution in [-0.4, -0.2) is 40.7 Å². The number of ether oxygens (including phenoxy) is 1. The number of aliphatic hydroxyl groups is 3. The lowest BCUT2D eigenvalue weighted by Crippen LogP contribution is -2.21. The summed E-state index contributed by atoms with van der Waals surface area (Å²) in [6.45, 7) is 2.28. The van der Waals surface area contributed by atoms with Crippen molar-refractivity contribution >= 4 is 11.6 Å². The Labute approximate surface area is 160 Å². The molecule has 2 aromatic rings. The zero-order valence-electron chi connectivity index (χ0n) is 15.1. The molecule has 0 spiro atoms. The second-order valence-corrected chi connectivity index (χ2v) is 6.85. The van der Waals surface area contributed by atoms with Crippen molar-refractivity contribution in [2.45, 2.75) is 44.8 Å². The first-order chi connectivity index (χ1) is 12.5. The Bertz CT molecular complexity index is 672. The Morgan fingerprint density at radius 2 is 1.69 bits per heavy atom. The highest BCUT2D eigenvalue weighted by molar-refractivity contribution is 6.31. The number of hydrogen-bond acceptors (Lipinski definition) is 4. The lowest BCUT2D eigenvalue weighted by atomic mass is 9.98. The summed E-state index contributed by atoms with van der Waals surface area (Å²) in [5.41, 5.74) is 3.28. The Balaban J connectivity index is 1.98. The highest BCUT2D eigenvalue weighted by atomic mass is 35.5. The predicted octanol–water partition coefficient (Wildman–Crippen LogP) is 3.37. The molecule has 4 nitrogen and oxygen atoms in total.